The molecule has 7 heteroatoms. The molecule has 0 saturated carbocycles. The highest BCUT2D eigenvalue weighted by Gasteiger charge is 1.78. The van der Waals surface area contributed by atoms with Crippen LogP contribution in [0.2, 0.25) is 0 Å². The minimum atomic E-state index is -0.750. The maximum absolute atomic E-state index is 9.44. The molecule has 0 aromatic rings. The quantitative estimate of drug-likeness (QED) is 0.607. The molecule has 0 aromatic heterocycles. The van der Waals surface area contributed by atoms with Crippen molar-refractivity contribution in [2.24, 2.45) is 0 Å². The summed E-state index contributed by atoms with van der Waals surface area (Å²) in [5, 5.41) is 15.0. The minimum Gasteiger partial charge on any atom is -0.483 e. The first kappa shape index (κ1) is 25.0. The first-order chi connectivity index (χ1) is 7.29. The van der Waals surface area contributed by atoms with Gasteiger partial charge in [0.15, 0.2) is 4.30 Å². The van der Waals surface area contributed by atoms with E-state index >= 15 is 0 Å². The lowest BCUT2D eigenvalue weighted by atomic mass is 10.4. The topological polar surface area (TPSA) is 74.6 Å². The maximum Gasteiger partial charge on any atom is 0.290 e. The molecule has 0 atom stereocenters. The van der Waals surface area contributed by atoms with Crippen molar-refractivity contribution in [2.75, 3.05) is 6.61 Å². The molecule has 0 rings (SSSR count). The number of Topliss-reactive ketones (excluding diaryl/α,β-unsaturated/α-hetero) is 1. The van der Waals surface area contributed by atoms with Crippen LogP contribution in [-0.2, 0) is 9.59 Å². The second-order valence-corrected chi connectivity index (χ2v) is 4.32. The summed E-state index contributed by atoms with van der Waals surface area (Å²) in [4.78, 5) is 17.8. The van der Waals surface area contributed by atoms with Gasteiger partial charge in [0.1, 0.15) is 5.78 Å². The van der Waals surface area contributed by atoms with Gasteiger partial charge in [-0.2, -0.15) is 0 Å². The van der Waals surface area contributed by atoms with Crippen LogP contribution in [0.3, 0.4) is 0 Å². The fraction of sp³-hybridized carbons (Fsp3) is 0.778. The molecule has 0 amide bonds. The van der Waals surface area contributed by atoms with Crippen LogP contribution in [0.25, 0.3) is 0 Å². The van der Waals surface area contributed by atoms with Crippen LogP contribution in [0, 0.1) is 0 Å². The molecule has 2 N–H and O–H groups in total. The summed E-state index contributed by atoms with van der Waals surface area (Å²) in [6, 6.07) is 0. The molecule has 0 radical (unpaired) electrons. The van der Waals surface area contributed by atoms with E-state index in [0.717, 1.165) is 12.8 Å². The number of hydrogen-bond acceptors (Lipinski definition) is 3. The summed E-state index contributed by atoms with van der Waals surface area (Å²) in [5.74, 6) is 0.167. The number of ketones is 1. The van der Waals surface area contributed by atoms with E-state index in [1.165, 1.54) is 13.8 Å². The molecule has 0 bridgehead atoms. The van der Waals surface area contributed by atoms with Gasteiger partial charge in [-0.05, 0) is 20.3 Å². The number of hydrogen-bond donors (Lipinski definition) is 2. The highest BCUT2D eigenvalue weighted by Crippen LogP contribution is 2.03. The summed E-state index contributed by atoms with van der Waals surface area (Å²) < 4.78 is -0.750. The molecule has 0 aliphatic carbocycles. The fourth-order valence-corrected chi connectivity index (χ4v) is 0.158. The molecule has 0 unspecified atom stereocenters. The van der Waals surface area contributed by atoms with E-state index in [0.29, 0.717) is 6.61 Å². The first-order valence-corrected chi connectivity index (χ1v) is 5.69. The Morgan fingerprint density at radius 1 is 1.31 bits per heavy atom. The lowest BCUT2D eigenvalue weighted by molar-refractivity contribution is -0.123. The Hall–Kier alpha value is -0.0300. The Bertz CT molecular complexity index is 123. The fourth-order valence-electron chi connectivity index (χ4n) is 0.158. The number of unbranched alkanes of at least 4 members (excludes halogenated alkanes) is 1. The van der Waals surface area contributed by atoms with Crippen LogP contribution in [0.15, 0.2) is 0 Å². The Balaban J connectivity index is -0.0000000610. The molecule has 0 aliphatic rings. The Morgan fingerprint density at radius 2 is 1.50 bits per heavy atom. The molecule has 0 heterocycles. The van der Waals surface area contributed by atoms with Crippen molar-refractivity contribution in [3.63, 3.8) is 0 Å². The van der Waals surface area contributed by atoms with Gasteiger partial charge in [0.25, 0.3) is 6.47 Å². The lowest BCUT2D eigenvalue weighted by Crippen LogP contribution is -1.75. The number of aliphatic hydroxyl groups is 1. The van der Waals surface area contributed by atoms with E-state index in [4.69, 9.17) is 49.8 Å². The van der Waals surface area contributed by atoms with Crippen molar-refractivity contribution in [1.29, 1.82) is 0 Å². The number of aliphatic hydroxyl groups excluding tert-OH is 1. The van der Waals surface area contributed by atoms with E-state index < -0.39 is 4.30 Å². The summed E-state index contributed by atoms with van der Waals surface area (Å²) in [5.41, 5.74) is 0. The van der Waals surface area contributed by atoms with Crippen molar-refractivity contribution in [3.05, 3.63) is 0 Å². The smallest absolute Gasteiger partial charge is 0.290 e. The average Bonchev–Trinajstić information content (AvgIpc) is 2.04. The monoisotopic (exact) mass is 296 g/mol. The number of halogens is 3. The van der Waals surface area contributed by atoms with Crippen LogP contribution < -0.4 is 0 Å². The SMILES string of the molecule is CC(C)=O.CCCCO.ClC(Cl)Cl.O=CO. The highest BCUT2D eigenvalue weighted by molar-refractivity contribution is 6.63. The number of rotatable bonds is 2. The van der Waals surface area contributed by atoms with Gasteiger partial charge in [-0.1, -0.05) is 48.1 Å². The van der Waals surface area contributed by atoms with E-state index in [1.807, 2.05) is 0 Å². The number of carboxylic acid groups (broad SMARTS) is 1. The van der Waals surface area contributed by atoms with Gasteiger partial charge >= 0.3 is 0 Å². The van der Waals surface area contributed by atoms with Gasteiger partial charge in [0.05, 0.1) is 0 Å². The van der Waals surface area contributed by atoms with Crippen LogP contribution in [0.5, 0.6) is 0 Å². The number of carbonyl (C=O) groups is 2. The number of alkyl halides is 3. The molecule has 0 saturated heterocycles. The molecule has 0 aromatic carbocycles. The van der Waals surface area contributed by atoms with Gasteiger partial charge in [0.2, 0.25) is 0 Å². The molecule has 0 fully saturated rings. The van der Waals surface area contributed by atoms with Gasteiger partial charge in [-0.3, -0.25) is 4.79 Å². The molecule has 16 heavy (non-hydrogen) atoms. The van der Waals surface area contributed by atoms with Crippen LogP contribution in [-0.4, -0.2) is 33.4 Å². The van der Waals surface area contributed by atoms with E-state index in [-0.39, 0.29) is 12.3 Å². The maximum atomic E-state index is 9.44. The van der Waals surface area contributed by atoms with Gasteiger partial charge in [-0.15, -0.1) is 0 Å². The highest BCUT2D eigenvalue weighted by atomic mass is 35.6. The standard InChI is InChI=1S/C4H10O.C3H6O.CHCl3.CH2O2/c1-2-3-4-5;1-3(2)4;2-1(3)4;2-1-3/h5H,2-4H2,1H3;1-2H3;1H;1H,(H,2,3). The van der Waals surface area contributed by atoms with Crippen molar-refractivity contribution in [2.45, 2.75) is 37.9 Å². The predicted molar refractivity (Wildman–Crippen MR) is 68.4 cm³/mol. The van der Waals surface area contributed by atoms with Crippen molar-refractivity contribution in [3.8, 4) is 0 Å². The van der Waals surface area contributed by atoms with Gasteiger partial charge in [-0.25, -0.2) is 0 Å². The zero-order valence-electron chi connectivity index (χ0n) is 9.62. The third kappa shape index (κ3) is 606. The molecule has 4 nitrogen and oxygen atoms in total. The molecule has 100 valence electrons. The van der Waals surface area contributed by atoms with Crippen molar-refractivity contribution < 1.29 is 19.8 Å². The zero-order valence-corrected chi connectivity index (χ0v) is 11.9. The second-order valence-electron chi connectivity index (χ2n) is 2.34. The summed E-state index contributed by atoms with van der Waals surface area (Å²) >= 11 is 14.4. The van der Waals surface area contributed by atoms with E-state index in [9.17, 15) is 4.79 Å². The summed E-state index contributed by atoms with van der Waals surface area (Å²) in [6.07, 6.45) is 2.04. The largest absolute Gasteiger partial charge is 0.483 e. The summed E-state index contributed by atoms with van der Waals surface area (Å²) in [7, 11) is 0. The normalized spacial score (nSPS) is 7.25. The third-order valence-electron chi connectivity index (χ3n) is 0.512. The average molecular weight is 298 g/mol. The lowest BCUT2D eigenvalue weighted by Gasteiger charge is -1.79. The van der Waals surface area contributed by atoms with Crippen molar-refractivity contribution in [1.82, 2.24) is 0 Å². The Labute approximate surface area is 111 Å². The second kappa shape index (κ2) is 29.4. The van der Waals surface area contributed by atoms with Crippen molar-refractivity contribution >= 4 is 47.1 Å². The predicted octanol–water partition coefficient (Wildman–Crippen LogP) is 3.06. The van der Waals surface area contributed by atoms with E-state index in [2.05, 4.69) is 6.92 Å². The minimum absolute atomic E-state index is 0.167. The molecular weight excluding hydrogens is 278 g/mol. The van der Waals surface area contributed by atoms with Gasteiger partial charge < -0.3 is 15.0 Å². The van der Waals surface area contributed by atoms with Crippen LogP contribution in [0.4, 0.5) is 0 Å². The number of carbonyl (C=O) groups excluding carboxylic acids is 1. The molecular formula is C9H19Cl3O4. The Kier molecular flexibility index (Phi) is 45.9. The first-order valence-electron chi connectivity index (χ1n) is 4.38. The third-order valence-corrected chi connectivity index (χ3v) is 0.512. The van der Waals surface area contributed by atoms with Gasteiger partial charge in [0, 0.05) is 6.61 Å². The Morgan fingerprint density at radius 3 is 1.50 bits per heavy atom. The van der Waals surface area contributed by atoms with E-state index in [1.54, 1.807) is 0 Å². The molecule has 0 spiro atoms. The van der Waals surface area contributed by atoms with Crippen LogP contribution >= 0.6 is 34.8 Å². The molecule has 0 aliphatic heterocycles. The zero-order chi connectivity index (χ0) is 14.0. The summed E-state index contributed by atoms with van der Waals surface area (Å²) in [6.45, 7) is 5.20. The van der Waals surface area contributed by atoms with Crippen LogP contribution in [0.1, 0.15) is 33.6 Å².